The van der Waals surface area contributed by atoms with Crippen LogP contribution >= 0.6 is 11.3 Å². The second-order valence-electron chi connectivity index (χ2n) is 2.20. The average molecular weight is 185 g/mol. The molecule has 0 N–H and O–H groups in total. The first-order valence-electron chi connectivity index (χ1n) is 3.42. The molecule has 12 heavy (non-hydrogen) atoms. The third kappa shape index (κ3) is 2.17. The first kappa shape index (κ1) is 9.93. The molecule has 0 radical (unpaired) electrons. The van der Waals surface area contributed by atoms with Crippen molar-refractivity contribution in [3.8, 4) is 10.6 Å². The molecule has 0 amide bonds. The number of hydrogen-bond donors (Lipinski definition) is 0. The zero-order valence-corrected chi connectivity index (χ0v) is 6.71. The molecule has 1 aromatic heterocycles. The van der Waals surface area contributed by atoms with Gasteiger partial charge in [0.25, 0.3) is 0 Å². The summed E-state index contributed by atoms with van der Waals surface area (Å²) >= 11 is 1.66. The van der Waals surface area contributed by atoms with Crippen LogP contribution in [0.1, 0.15) is 0 Å². The Morgan fingerprint density at radius 1 is 1.08 bits per heavy atom. The van der Waals surface area contributed by atoms with E-state index in [1.807, 2.05) is 29.8 Å². The number of hydrogen-bond acceptors (Lipinski definition) is 2. The molecule has 1 aromatic carbocycles. The molecule has 0 bridgehead atoms. The molecule has 0 saturated carbocycles. The molecule has 2 aromatic rings. The minimum absolute atomic E-state index is 0. The van der Waals surface area contributed by atoms with E-state index < -0.39 is 0 Å². The maximum atomic E-state index is 4.20. The largest absolute Gasteiger partial charge is 0.245 e. The molecule has 0 aliphatic heterocycles. The van der Waals surface area contributed by atoms with Crippen LogP contribution < -0.4 is 0 Å². The van der Waals surface area contributed by atoms with Crippen LogP contribution in [0.4, 0.5) is 0 Å². The summed E-state index contributed by atoms with van der Waals surface area (Å²) in [5.74, 6) is 0. The van der Waals surface area contributed by atoms with Crippen LogP contribution in [0, 0.1) is 0 Å². The molecule has 3 heteroatoms. The van der Waals surface area contributed by atoms with Crippen LogP contribution in [0.2, 0.25) is 0 Å². The van der Waals surface area contributed by atoms with Gasteiger partial charge in [-0.25, -0.2) is 4.98 Å². The maximum Gasteiger partial charge on any atom is 0.123 e. The minimum Gasteiger partial charge on any atom is -0.245 e. The van der Waals surface area contributed by atoms with E-state index in [9.17, 15) is 0 Å². The Morgan fingerprint density at radius 2 is 1.83 bits per heavy atom. The summed E-state index contributed by atoms with van der Waals surface area (Å²) in [5.41, 5.74) is 1.20. The predicted octanol–water partition coefficient (Wildman–Crippen LogP) is 2.16. The zero-order valence-electron chi connectivity index (χ0n) is 5.90. The molecule has 0 aliphatic rings. The molecular weight excluding hydrogens is 177 g/mol. The van der Waals surface area contributed by atoms with Crippen LogP contribution in [0.5, 0.6) is 0 Å². The van der Waals surface area contributed by atoms with Crippen molar-refractivity contribution in [1.29, 1.82) is 0 Å². The molecular formula is C9H8NNaS. The standard InChI is InChI=1S/C9H7NS.Na.H/c1-2-4-8(5-3-1)9-10-6-7-11-9;;/h1-7H;;. The number of thiazole rings is 1. The van der Waals surface area contributed by atoms with E-state index in [1.165, 1.54) is 5.56 Å². The van der Waals surface area contributed by atoms with Gasteiger partial charge in [-0.15, -0.1) is 11.3 Å². The fraction of sp³-hybridized carbons (Fsp3) is 0. The maximum absolute atomic E-state index is 4.20. The SMILES string of the molecule is [NaH].c1ccc(-c2nccs2)cc1. The quantitative estimate of drug-likeness (QED) is 0.620. The van der Waals surface area contributed by atoms with E-state index in [0.29, 0.717) is 0 Å². The van der Waals surface area contributed by atoms with Gasteiger partial charge in [-0.3, -0.25) is 0 Å². The first-order valence-corrected chi connectivity index (χ1v) is 4.30. The van der Waals surface area contributed by atoms with Crippen molar-refractivity contribution >= 4 is 40.9 Å². The summed E-state index contributed by atoms with van der Waals surface area (Å²) in [5, 5.41) is 3.08. The summed E-state index contributed by atoms with van der Waals surface area (Å²) in [4.78, 5) is 4.20. The summed E-state index contributed by atoms with van der Waals surface area (Å²) in [6.45, 7) is 0. The molecule has 0 atom stereocenters. The van der Waals surface area contributed by atoms with Gasteiger partial charge in [0, 0.05) is 17.1 Å². The van der Waals surface area contributed by atoms with Gasteiger partial charge < -0.3 is 0 Å². The Bertz CT molecular complexity index is 318. The summed E-state index contributed by atoms with van der Waals surface area (Å²) in [7, 11) is 0. The number of aromatic nitrogens is 1. The summed E-state index contributed by atoms with van der Waals surface area (Å²) in [6.07, 6.45) is 1.83. The first-order chi connectivity index (χ1) is 5.47. The third-order valence-corrected chi connectivity index (χ3v) is 2.28. The van der Waals surface area contributed by atoms with E-state index >= 15 is 0 Å². The van der Waals surface area contributed by atoms with Crippen molar-refractivity contribution in [2.75, 3.05) is 0 Å². The molecule has 0 saturated heterocycles. The summed E-state index contributed by atoms with van der Waals surface area (Å²) < 4.78 is 0. The second-order valence-corrected chi connectivity index (χ2v) is 3.10. The van der Waals surface area contributed by atoms with Gasteiger partial charge >= 0.3 is 29.6 Å². The molecule has 0 aliphatic carbocycles. The number of nitrogens with zero attached hydrogens (tertiary/aromatic N) is 1. The molecule has 56 valence electrons. The van der Waals surface area contributed by atoms with Gasteiger partial charge in [-0.05, 0) is 0 Å². The van der Waals surface area contributed by atoms with Gasteiger partial charge in [-0.1, -0.05) is 30.3 Å². The van der Waals surface area contributed by atoms with Crippen LogP contribution in [0.15, 0.2) is 41.9 Å². The molecule has 1 heterocycles. The van der Waals surface area contributed by atoms with E-state index in [0.717, 1.165) is 5.01 Å². The zero-order chi connectivity index (χ0) is 7.52. The van der Waals surface area contributed by atoms with Crippen molar-refractivity contribution < 1.29 is 0 Å². The van der Waals surface area contributed by atoms with Crippen molar-refractivity contribution in [2.24, 2.45) is 0 Å². The second kappa shape index (κ2) is 4.77. The Morgan fingerprint density at radius 3 is 2.42 bits per heavy atom. The molecule has 1 nitrogen and oxygen atoms in total. The van der Waals surface area contributed by atoms with Gasteiger partial charge in [0.05, 0.1) is 0 Å². The minimum atomic E-state index is 0. The van der Waals surface area contributed by atoms with Crippen molar-refractivity contribution in [3.63, 3.8) is 0 Å². The monoisotopic (exact) mass is 185 g/mol. The van der Waals surface area contributed by atoms with Crippen LogP contribution in [-0.2, 0) is 0 Å². The Hall–Kier alpha value is -0.150. The molecule has 0 spiro atoms. The molecule has 2 rings (SSSR count). The van der Waals surface area contributed by atoms with E-state index in [1.54, 1.807) is 11.3 Å². The van der Waals surface area contributed by atoms with Gasteiger partial charge in [0.2, 0.25) is 0 Å². The normalized spacial score (nSPS) is 9.00. The van der Waals surface area contributed by atoms with Crippen LogP contribution in [0.3, 0.4) is 0 Å². The van der Waals surface area contributed by atoms with Gasteiger partial charge in [0.15, 0.2) is 0 Å². The smallest absolute Gasteiger partial charge is 0.123 e. The predicted molar refractivity (Wildman–Crippen MR) is 54.7 cm³/mol. The topological polar surface area (TPSA) is 12.9 Å². The average Bonchev–Trinajstić information content (AvgIpc) is 2.58. The Kier molecular flexibility index (Phi) is 3.95. The Labute approximate surface area is 97.8 Å². The number of benzene rings is 1. The fourth-order valence-corrected chi connectivity index (χ4v) is 1.59. The van der Waals surface area contributed by atoms with E-state index in [4.69, 9.17) is 0 Å². The number of rotatable bonds is 1. The Balaban J connectivity index is 0.000000720. The van der Waals surface area contributed by atoms with Gasteiger partial charge in [0.1, 0.15) is 5.01 Å². The van der Waals surface area contributed by atoms with Crippen molar-refractivity contribution in [1.82, 2.24) is 4.98 Å². The van der Waals surface area contributed by atoms with Crippen molar-refractivity contribution in [2.45, 2.75) is 0 Å². The van der Waals surface area contributed by atoms with E-state index in [-0.39, 0.29) is 29.6 Å². The summed E-state index contributed by atoms with van der Waals surface area (Å²) in [6, 6.07) is 10.2. The third-order valence-electron chi connectivity index (χ3n) is 1.45. The van der Waals surface area contributed by atoms with Crippen molar-refractivity contribution in [3.05, 3.63) is 41.9 Å². The van der Waals surface area contributed by atoms with Crippen LogP contribution in [-0.4, -0.2) is 34.5 Å². The van der Waals surface area contributed by atoms with Gasteiger partial charge in [-0.2, -0.15) is 0 Å². The van der Waals surface area contributed by atoms with E-state index in [2.05, 4.69) is 17.1 Å². The molecule has 0 unspecified atom stereocenters. The fourth-order valence-electron chi connectivity index (χ4n) is 0.947. The molecule has 0 fully saturated rings. The van der Waals surface area contributed by atoms with Crippen LogP contribution in [0.25, 0.3) is 10.6 Å².